The normalized spacial score (nSPS) is 21.2. The fraction of sp³-hybridized carbons (Fsp3) is 0.500. The fourth-order valence-corrected chi connectivity index (χ4v) is 3.77. The van der Waals surface area contributed by atoms with Gasteiger partial charge in [-0.05, 0) is 31.0 Å². The fourth-order valence-electron chi connectivity index (χ4n) is 3.37. The second-order valence-corrected chi connectivity index (χ2v) is 6.61. The molecule has 1 aromatic rings. The van der Waals surface area contributed by atoms with Crippen LogP contribution in [0.25, 0.3) is 0 Å². The summed E-state index contributed by atoms with van der Waals surface area (Å²) in [6.07, 6.45) is 4.49. The average Bonchev–Trinajstić information content (AvgIpc) is 2.50. The van der Waals surface area contributed by atoms with Gasteiger partial charge in [0.1, 0.15) is 12.1 Å². The monoisotopic (exact) mass is 351 g/mol. The predicted octanol–water partition coefficient (Wildman–Crippen LogP) is 3.15. The van der Waals surface area contributed by atoms with Gasteiger partial charge in [0.05, 0.1) is 6.54 Å². The molecule has 1 amide bonds. The smallest absolute Gasteiger partial charge is 0.332 e. The van der Waals surface area contributed by atoms with Gasteiger partial charge in [0.25, 0.3) is 5.91 Å². The molecule has 1 aromatic carbocycles. The number of esters is 1. The number of nitrogens with zero attached hydrogens (tertiary/aromatic N) is 1. The first-order valence-electron chi connectivity index (χ1n) is 7.38. The number of hydrogen-bond donors (Lipinski definition) is 0. The Morgan fingerprint density at radius 3 is 2.71 bits per heavy atom. The molecule has 0 bridgehead atoms. The Hall–Kier alpha value is -1.36. The molecule has 2 aliphatic rings. The lowest BCUT2D eigenvalue weighted by Crippen LogP contribution is -2.62. The van der Waals surface area contributed by atoms with Gasteiger partial charge in [0.15, 0.2) is 0 Å². The summed E-state index contributed by atoms with van der Waals surface area (Å²) in [7, 11) is 0. The van der Waals surface area contributed by atoms with E-state index in [9.17, 15) is 9.59 Å². The number of hydrogen-bond acceptors (Lipinski definition) is 3. The van der Waals surface area contributed by atoms with Crippen molar-refractivity contribution in [2.24, 2.45) is 0 Å². The number of amides is 1. The van der Waals surface area contributed by atoms with Crippen LogP contribution >= 0.6 is 15.9 Å². The van der Waals surface area contributed by atoms with Crippen molar-refractivity contribution in [3.8, 4) is 0 Å². The van der Waals surface area contributed by atoms with Crippen LogP contribution in [0.3, 0.4) is 0 Å². The van der Waals surface area contributed by atoms with Crippen molar-refractivity contribution >= 4 is 27.8 Å². The van der Waals surface area contributed by atoms with Crippen molar-refractivity contribution in [2.45, 2.75) is 37.6 Å². The van der Waals surface area contributed by atoms with E-state index < -0.39 is 5.54 Å². The number of ether oxygens (including phenoxy) is 1. The van der Waals surface area contributed by atoms with Crippen molar-refractivity contribution in [1.29, 1.82) is 0 Å². The van der Waals surface area contributed by atoms with E-state index in [0.29, 0.717) is 31.6 Å². The molecule has 0 radical (unpaired) electrons. The summed E-state index contributed by atoms with van der Waals surface area (Å²) in [4.78, 5) is 27.0. The summed E-state index contributed by atoms with van der Waals surface area (Å²) in [6.45, 7) is 0.775. The molecule has 3 rings (SSSR count). The number of cyclic esters (lactones) is 1. The Labute approximate surface area is 132 Å². The van der Waals surface area contributed by atoms with Crippen molar-refractivity contribution in [3.63, 3.8) is 0 Å². The highest BCUT2D eigenvalue weighted by molar-refractivity contribution is 9.10. The third-order valence-corrected chi connectivity index (χ3v) is 4.94. The SMILES string of the molecule is O=C(c1cccc(Br)c1)N1CCOC(=O)C12CCCCC2. The first-order valence-corrected chi connectivity index (χ1v) is 8.17. The summed E-state index contributed by atoms with van der Waals surface area (Å²) >= 11 is 3.39. The molecule has 0 aromatic heterocycles. The topological polar surface area (TPSA) is 46.6 Å². The van der Waals surface area contributed by atoms with E-state index in [0.717, 1.165) is 23.7 Å². The molecular weight excluding hydrogens is 334 g/mol. The van der Waals surface area contributed by atoms with Gasteiger partial charge in [0, 0.05) is 10.0 Å². The molecule has 1 aliphatic carbocycles. The lowest BCUT2D eigenvalue weighted by Gasteiger charge is -2.47. The number of halogens is 1. The van der Waals surface area contributed by atoms with Gasteiger partial charge in [-0.2, -0.15) is 0 Å². The lowest BCUT2D eigenvalue weighted by atomic mass is 9.79. The van der Waals surface area contributed by atoms with E-state index in [-0.39, 0.29) is 11.9 Å². The zero-order chi connectivity index (χ0) is 14.9. The zero-order valence-electron chi connectivity index (χ0n) is 11.8. The van der Waals surface area contributed by atoms with Crippen molar-refractivity contribution in [3.05, 3.63) is 34.3 Å². The number of carbonyl (C=O) groups is 2. The maximum atomic E-state index is 12.9. The van der Waals surface area contributed by atoms with Crippen LogP contribution in [-0.4, -0.2) is 35.5 Å². The number of rotatable bonds is 1. The summed E-state index contributed by atoms with van der Waals surface area (Å²) in [5, 5.41) is 0. The van der Waals surface area contributed by atoms with Crippen LogP contribution in [0, 0.1) is 0 Å². The van der Waals surface area contributed by atoms with E-state index in [1.807, 2.05) is 12.1 Å². The van der Waals surface area contributed by atoms with E-state index in [4.69, 9.17) is 4.74 Å². The quantitative estimate of drug-likeness (QED) is 0.730. The standard InChI is InChI=1S/C16H18BrNO3/c17-13-6-4-5-12(11-13)14(19)18-9-10-21-15(20)16(18)7-2-1-3-8-16/h4-6,11H,1-3,7-10H2. The van der Waals surface area contributed by atoms with Gasteiger partial charge in [-0.1, -0.05) is 41.3 Å². The minimum absolute atomic E-state index is 0.0742. The number of benzene rings is 1. The van der Waals surface area contributed by atoms with Crippen LogP contribution in [0.2, 0.25) is 0 Å². The Bertz CT molecular complexity index is 566. The van der Waals surface area contributed by atoms with Gasteiger partial charge in [0.2, 0.25) is 0 Å². The van der Waals surface area contributed by atoms with E-state index in [1.54, 1.807) is 17.0 Å². The maximum Gasteiger partial charge on any atom is 0.332 e. The Balaban J connectivity index is 1.94. The lowest BCUT2D eigenvalue weighted by molar-refractivity contribution is -0.168. The van der Waals surface area contributed by atoms with Crippen molar-refractivity contribution in [1.82, 2.24) is 4.90 Å². The molecule has 2 fully saturated rings. The molecule has 112 valence electrons. The van der Waals surface area contributed by atoms with Gasteiger partial charge in [-0.15, -0.1) is 0 Å². The number of carbonyl (C=O) groups excluding carboxylic acids is 2. The molecular formula is C16H18BrNO3. The highest BCUT2D eigenvalue weighted by atomic mass is 79.9. The maximum absolute atomic E-state index is 12.9. The molecule has 1 saturated heterocycles. The highest BCUT2D eigenvalue weighted by Crippen LogP contribution is 2.37. The summed E-state index contributed by atoms with van der Waals surface area (Å²) < 4.78 is 6.14. The summed E-state index contributed by atoms with van der Waals surface area (Å²) in [5.74, 6) is -0.299. The molecule has 5 heteroatoms. The van der Waals surface area contributed by atoms with Gasteiger partial charge < -0.3 is 9.64 Å². The summed E-state index contributed by atoms with van der Waals surface area (Å²) in [5.41, 5.74) is -0.125. The van der Waals surface area contributed by atoms with E-state index >= 15 is 0 Å². The van der Waals surface area contributed by atoms with Gasteiger partial charge in [-0.3, -0.25) is 4.79 Å². The van der Waals surface area contributed by atoms with Crippen LogP contribution in [0.5, 0.6) is 0 Å². The molecule has 0 unspecified atom stereocenters. The van der Waals surface area contributed by atoms with Gasteiger partial charge >= 0.3 is 5.97 Å². The van der Waals surface area contributed by atoms with Crippen LogP contribution < -0.4 is 0 Å². The number of morpholine rings is 1. The molecule has 21 heavy (non-hydrogen) atoms. The van der Waals surface area contributed by atoms with Gasteiger partial charge in [-0.25, -0.2) is 4.79 Å². The largest absolute Gasteiger partial charge is 0.462 e. The van der Waals surface area contributed by atoms with Crippen LogP contribution in [0.4, 0.5) is 0 Å². The van der Waals surface area contributed by atoms with Crippen LogP contribution in [0.1, 0.15) is 42.5 Å². The molecule has 1 saturated carbocycles. The van der Waals surface area contributed by atoms with E-state index in [2.05, 4.69) is 15.9 Å². The molecule has 0 N–H and O–H groups in total. The Kier molecular flexibility index (Phi) is 4.02. The summed E-state index contributed by atoms with van der Waals surface area (Å²) in [6, 6.07) is 7.33. The van der Waals surface area contributed by atoms with Crippen molar-refractivity contribution < 1.29 is 14.3 Å². The molecule has 1 spiro atoms. The second-order valence-electron chi connectivity index (χ2n) is 5.70. The minimum Gasteiger partial charge on any atom is -0.462 e. The zero-order valence-corrected chi connectivity index (χ0v) is 13.4. The average molecular weight is 352 g/mol. The first-order chi connectivity index (χ1) is 10.1. The van der Waals surface area contributed by atoms with Crippen molar-refractivity contribution in [2.75, 3.05) is 13.2 Å². The first kappa shape index (κ1) is 14.6. The third-order valence-electron chi connectivity index (χ3n) is 4.44. The molecule has 0 atom stereocenters. The Morgan fingerprint density at radius 2 is 2.00 bits per heavy atom. The van der Waals surface area contributed by atoms with E-state index in [1.165, 1.54) is 0 Å². The molecule has 4 nitrogen and oxygen atoms in total. The third kappa shape index (κ3) is 2.59. The Morgan fingerprint density at radius 1 is 1.24 bits per heavy atom. The van der Waals surface area contributed by atoms with Crippen LogP contribution in [0.15, 0.2) is 28.7 Å². The minimum atomic E-state index is -0.740. The highest BCUT2D eigenvalue weighted by Gasteiger charge is 2.50. The molecule has 1 heterocycles. The molecule has 1 aliphatic heterocycles. The second kappa shape index (κ2) is 5.79. The predicted molar refractivity (Wildman–Crippen MR) is 82.0 cm³/mol. The van der Waals surface area contributed by atoms with Crippen LogP contribution in [-0.2, 0) is 9.53 Å².